The number of likely N-dealkylation sites (tertiary alicyclic amines) is 1. The van der Waals surface area contributed by atoms with E-state index in [0.717, 1.165) is 12.1 Å². The average Bonchev–Trinajstić information content (AvgIpc) is 3.13. The summed E-state index contributed by atoms with van der Waals surface area (Å²) in [6.07, 6.45) is 2.81. The Balaban J connectivity index is 1.29. The fraction of sp³-hybridized carbons (Fsp3) is 0.478. The largest absolute Gasteiger partial charge is 0.298 e. The van der Waals surface area contributed by atoms with E-state index in [4.69, 9.17) is 0 Å². The van der Waals surface area contributed by atoms with Crippen molar-refractivity contribution in [3.63, 3.8) is 0 Å². The SMILES string of the molecule is c1ccc(C(c2ccccc2)N2CC(N3CCN4CCC[C@@H]4C3)C2)cc1. The van der Waals surface area contributed by atoms with Crippen molar-refractivity contribution < 1.29 is 0 Å². The molecule has 3 aliphatic heterocycles. The highest BCUT2D eigenvalue weighted by Gasteiger charge is 2.40. The van der Waals surface area contributed by atoms with Gasteiger partial charge in [0, 0.05) is 44.8 Å². The van der Waals surface area contributed by atoms with Crippen LogP contribution in [0.4, 0.5) is 0 Å². The van der Waals surface area contributed by atoms with Crippen LogP contribution in [-0.2, 0) is 0 Å². The molecule has 3 aliphatic rings. The first-order chi connectivity index (χ1) is 12.9. The van der Waals surface area contributed by atoms with E-state index in [0.29, 0.717) is 6.04 Å². The second kappa shape index (κ2) is 7.15. The highest BCUT2D eigenvalue weighted by atomic mass is 15.4. The number of hydrogen-bond acceptors (Lipinski definition) is 3. The summed E-state index contributed by atoms with van der Waals surface area (Å²) in [7, 11) is 0. The second-order valence-electron chi connectivity index (χ2n) is 8.16. The van der Waals surface area contributed by atoms with Crippen LogP contribution in [0, 0.1) is 0 Å². The minimum Gasteiger partial charge on any atom is -0.298 e. The smallest absolute Gasteiger partial charge is 0.0602 e. The molecule has 3 heteroatoms. The Morgan fingerprint density at radius 1 is 0.654 bits per heavy atom. The van der Waals surface area contributed by atoms with Gasteiger partial charge in [-0.2, -0.15) is 0 Å². The minimum atomic E-state index is 0.390. The van der Waals surface area contributed by atoms with Crippen molar-refractivity contribution in [3.05, 3.63) is 71.8 Å². The van der Waals surface area contributed by atoms with Crippen molar-refractivity contribution in [1.29, 1.82) is 0 Å². The molecule has 3 saturated heterocycles. The molecule has 0 bridgehead atoms. The van der Waals surface area contributed by atoms with Gasteiger partial charge in [-0.1, -0.05) is 60.7 Å². The first-order valence-corrected chi connectivity index (χ1v) is 10.2. The fourth-order valence-electron chi connectivity index (χ4n) is 5.16. The van der Waals surface area contributed by atoms with Gasteiger partial charge in [-0.25, -0.2) is 0 Å². The van der Waals surface area contributed by atoms with Crippen LogP contribution in [0.3, 0.4) is 0 Å². The van der Waals surface area contributed by atoms with Crippen molar-refractivity contribution >= 4 is 0 Å². The zero-order chi connectivity index (χ0) is 17.3. The van der Waals surface area contributed by atoms with Gasteiger partial charge in [0.15, 0.2) is 0 Å². The summed E-state index contributed by atoms with van der Waals surface area (Å²) in [5.74, 6) is 0. The Morgan fingerprint density at radius 3 is 1.92 bits per heavy atom. The van der Waals surface area contributed by atoms with Gasteiger partial charge in [0.05, 0.1) is 6.04 Å². The van der Waals surface area contributed by atoms with E-state index in [1.165, 1.54) is 63.2 Å². The predicted molar refractivity (Wildman–Crippen MR) is 106 cm³/mol. The van der Waals surface area contributed by atoms with Gasteiger partial charge in [-0.3, -0.25) is 14.7 Å². The van der Waals surface area contributed by atoms with Gasteiger partial charge >= 0.3 is 0 Å². The van der Waals surface area contributed by atoms with Crippen molar-refractivity contribution in [2.45, 2.75) is 31.0 Å². The van der Waals surface area contributed by atoms with Crippen molar-refractivity contribution in [2.75, 3.05) is 39.3 Å². The lowest BCUT2D eigenvalue weighted by Crippen LogP contribution is -2.64. The highest BCUT2D eigenvalue weighted by molar-refractivity contribution is 5.32. The van der Waals surface area contributed by atoms with Crippen LogP contribution in [-0.4, -0.2) is 66.1 Å². The van der Waals surface area contributed by atoms with Gasteiger partial charge in [-0.15, -0.1) is 0 Å². The number of fused-ring (bicyclic) bond motifs is 1. The third-order valence-electron chi connectivity index (χ3n) is 6.62. The summed E-state index contributed by atoms with van der Waals surface area (Å²) in [6.45, 7) is 7.56. The molecule has 0 unspecified atom stereocenters. The van der Waals surface area contributed by atoms with E-state index >= 15 is 0 Å². The third-order valence-corrected chi connectivity index (χ3v) is 6.62. The van der Waals surface area contributed by atoms with Crippen LogP contribution in [0.25, 0.3) is 0 Å². The fourth-order valence-corrected chi connectivity index (χ4v) is 5.16. The maximum Gasteiger partial charge on any atom is 0.0602 e. The number of nitrogens with zero attached hydrogens (tertiary/aromatic N) is 3. The lowest BCUT2D eigenvalue weighted by Gasteiger charge is -2.52. The molecule has 0 aromatic heterocycles. The quantitative estimate of drug-likeness (QED) is 0.841. The van der Waals surface area contributed by atoms with E-state index in [1.807, 2.05) is 0 Å². The van der Waals surface area contributed by atoms with Gasteiger partial charge < -0.3 is 0 Å². The normalized spacial score (nSPS) is 25.3. The highest BCUT2D eigenvalue weighted by Crippen LogP contribution is 2.34. The predicted octanol–water partition coefficient (Wildman–Crippen LogP) is 3.24. The molecule has 0 saturated carbocycles. The maximum atomic E-state index is 2.77. The molecule has 1 atom stereocenters. The molecule has 3 heterocycles. The summed E-state index contributed by atoms with van der Waals surface area (Å²) >= 11 is 0. The molecule has 3 fully saturated rings. The van der Waals surface area contributed by atoms with Crippen LogP contribution in [0.15, 0.2) is 60.7 Å². The third kappa shape index (κ3) is 3.09. The molecule has 0 amide bonds. The topological polar surface area (TPSA) is 9.72 Å². The lowest BCUT2D eigenvalue weighted by molar-refractivity contribution is -0.0191. The van der Waals surface area contributed by atoms with Crippen molar-refractivity contribution in [1.82, 2.24) is 14.7 Å². The second-order valence-corrected chi connectivity index (χ2v) is 8.16. The molecular weight excluding hydrogens is 318 g/mol. The molecule has 26 heavy (non-hydrogen) atoms. The molecule has 0 spiro atoms. The summed E-state index contributed by atoms with van der Waals surface area (Å²) in [6, 6.07) is 24.0. The lowest BCUT2D eigenvalue weighted by atomic mass is 9.92. The van der Waals surface area contributed by atoms with E-state index in [9.17, 15) is 0 Å². The molecular formula is C23H29N3. The van der Waals surface area contributed by atoms with Crippen LogP contribution >= 0.6 is 0 Å². The van der Waals surface area contributed by atoms with Crippen LogP contribution in [0.2, 0.25) is 0 Å². The first kappa shape index (κ1) is 16.5. The number of benzene rings is 2. The zero-order valence-electron chi connectivity index (χ0n) is 15.5. The Labute approximate surface area is 157 Å². The monoisotopic (exact) mass is 347 g/mol. The summed E-state index contributed by atoms with van der Waals surface area (Å²) in [5.41, 5.74) is 2.83. The Hall–Kier alpha value is -1.68. The van der Waals surface area contributed by atoms with E-state index in [1.54, 1.807) is 0 Å². The molecule has 136 valence electrons. The number of rotatable bonds is 4. The van der Waals surface area contributed by atoms with Crippen molar-refractivity contribution in [2.24, 2.45) is 0 Å². The minimum absolute atomic E-state index is 0.390. The molecule has 2 aromatic carbocycles. The first-order valence-electron chi connectivity index (χ1n) is 10.2. The van der Waals surface area contributed by atoms with E-state index in [-0.39, 0.29) is 0 Å². The number of hydrogen-bond donors (Lipinski definition) is 0. The summed E-state index contributed by atoms with van der Waals surface area (Å²) < 4.78 is 0. The Kier molecular flexibility index (Phi) is 4.53. The molecule has 3 nitrogen and oxygen atoms in total. The molecule has 0 aliphatic carbocycles. The van der Waals surface area contributed by atoms with Gasteiger partial charge in [0.2, 0.25) is 0 Å². The molecule has 0 radical (unpaired) electrons. The average molecular weight is 348 g/mol. The molecule has 5 rings (SSSR count). The van der Waals surface area contributed by atoms with Crippen LogP contribution in [0.5, 0.6) is 0 Å². The van der Waals surface area contributed by atoms with E-state index in [2.05, 4.69) is 75.4 Å². The van der Waals surface area contributed by atoms with Crippen LogP contribution in [0.1, 0.15) is 30.0 Å². The Morgan fingerprint density at radius 2 is 1.27 bits per heavy atom. The Bertz CT molecular complexity index is 671. The van der Waals surface area contributed by atoms with Gasteiger partial charge in [0.1, 0.15) is 0 Å². The molecule has 0 N–H and O–H groups in total. The van der Waals surface area contributed by atoms with Crippen LogP contribution < -0.4 is 0 Å². The summed E-state index contributed by atoms with van der Waals surface area (Å²) in [5, 5.41) is 0. The van der Waals surface area contributed by atoms with Crippen molar-refractivity contribution in [3.8, 4) is 0 Å². The summed E-state index contributed by atoms with van der Waals surface area (Å²) in [4.78, 5) is 8.15. The molecule has 2 aromatic rings. The van der Waals surface area contributed by atoms with Gasteiger partial charge in [0.25, 0.3) is 0 Å². The number of piperazine rings is 1. The maximum absolute atomic E-state index is 2.77. The van der Waals surface area contributed by atoms with E-state index < -0.39 is 0 Å². The van der Waals surface area contributed by atoms with Gasteiger partial charge in [-0.05, 0) is 30.5 Å². The zero-order valence-corrected chi connectivity index (χ0v) is 15.5. The standard InChI is InChI=1S/C23H29N3/c1-3-8-19(9-4-1)23(20-10-5-2-6-11-20)26-17-22(18-26)25-15-14-24-13-7-12-21(24)16-25/h1-6,8-11,21-23H,7,12-18H2/t21-/m1/s1.